The molecule has 0 saturated carbocycles. The Morgan fingerprint density at radius 2 is 2.18 bits per heavy atom. The Balaban J connectivity index is 2.28. The van der Waals surface area contributed by atoms with Crippen LogP contribution in [0.1, 0.15) is 13.8 Å². The van der Waals surface area contributed by atoms with Gasteiger partial charge in [0.25, 0.3) is 0 Å². The number of nitrogens with one attached hydrogen (secondary N) is 2. The predicted molar refractivity (Wildman–Crippen MR) is 66.9 cm³/mol. The lowest BCUT2D eigenvalue weighted by Gasteiger charge is -2.08. The molecule has 0 saturated heterocycles. The summed E-state index contributed by atoms with van der Waals surface area (Å²) in [5, 5.41) is 12.5. The first kappa shape index (κ1) is 13.7. The number of hydrogen-bond acceptors (Lipinski definition) is 7. The van der Waals surface area contributed by atoms with Crippen LogP contribution in [0.2, 0.25) is 0 Å². The van der Waals surface area contributed by atoms with Gasteiger partial charge in [0.05, 0.1) is 5.75 Å². The van der Waals surface area contributed by atoms with Crippen LogP contribution >= 0.6 is 23.1 Å². The third-order valence-corrected chi connectivity index (χ3v) is 3.31. The Morgan fingerprint density at radius 3 is 2.71 bits per heavy atom. The van der Waals surface area contributed by atoms with Crippen molar-refractivity contribution < 1.29 is 9.59 Å². The van der Waals surface area contributed by atoms with E-state index in [1.165, 1.54) is 23.1 Å². The van der Waals surface area contributed by atoms with Gasteiger partial charge in [-0.05, 0) is 13.8 Å². The number of thioether (sulfide) groups is 1. The second-order valence-corrected chi connectivity index (χ2v) is 5.60. The van der Waals surface area contributed by atoms with E-state index in [2.05, 4.69) is 20.8 Å². The molecule has 1 aromatic heterocycles. The van der Waals surface area contributed by atoms with Gasteiger partial charge in [0.15, 0.2) is 4.34 Å². The minimum Gasteiger partial charge on any atom is -0.374 e. The number of carbonyl (C=O) groups excluding carboxylic acids is 2. The topological polar surface area (TPSA) is 110 Å². The van der Waals surface area contributed by atoms with E-state index in [1.807, 2.05) is 13.8 Å². The van der Waals surface area contributed by atoms with Gasteiger partial charge in [0, 0.05) is 6.04 Å². The number of rotatable bonds is 4. The quantitative estimate of drug-likeness (QED) is 0.688. The van der Waals surface area contributed by atoms with Crippen molar-refractivity contribution in [2.24, 2.45) is 0 Å². The SMILES string of the molecule is CC(C)NC(=O)NC(=O)CSc1nnc(N)s1. The second-order valence-electron chi connectivity index (χ2n) is 3.37. The van der Waals surface area contributed by atoms with Crippen molar-refractivity contribution in [2.45, 2.75) is 24.2 Å². The van der Waals surface area contributed by atoms with Crippen molar-refractivity contribution in [1.82, 2.24) is 20.8 Å². The first-order valence-corrected chi connectivity index (χ1v) is 6.59. The average Bonchev–Trinajstić information content (AvgIpc) is 2.59. The molecule has 0 radical (unpaired) electrons. The maximum absolute atomic E-state index is 11.3. The molecule has 1 heterocycles. The van der Waals surface area contributed by atoms with Gasteiger partial charge in [-0.15, -0.1) is 10.2 Å². The normalized spacial score (nSPS) is 10.3. The summed E-state index contributed by atoms with van der Waals surface area (Å²) in [7, 11) is 0. The molecule has 0 aliphatic heterocycles. The van der Waals surface area contributed by atoms with Gasteiger partial charge in [-0.1, -0.05) is 23.1 Å². The molecular weight excluding hydrogens is 262 g/mol. The van der Waals surface area contributed by atoms with Crippen LogP contribution in [0.4, 0.5) is 9.93 Å². The molecule has 0 unspecified atom stereocenters. The molecule has 94 valence electrons. The molecule has 1 rings (SSSR count). The number of aromatic nitrogens is 2. The van der Waals surface area contributed by atoms with Crippen LogP contribution in [0.25, 0.3) is 0 Å². The van der Waals surface area contributed by atoms with E-state index in [0.29, 0.717) is 9.47 Å². The highest BCUT2D eigenvalue weighted by Gasteiger charge is 2.10. The summed E-state index contributed by atoms with van der Waals surface area (Å²) in [6.07, 6.45) is 0. The summed E-state index contributed by atoms with van der Waals surface area (Å²) in [6, 6.07) is -0.513. The zero-order valence-electron chi connectivity index (χ0n) is 9.39. The number of amides is 3. The van der Waals surface area contributed by atoms with E-state index in [0.717, 1.165) is 0 Å². The number of urea groups is 1. The molecule has 0 fully saturated rings. The smallest absolute Gasteiger partial charge is 0.321 e. The third-order valence-electron chi connectivity index (χ3n) is 1.42. The molecule has 0 bridgehead atoms. The van der Waals surface area contributed by atoms with Crippen LogP contribution in [0.5, 0.6) is 0 Å². The fourth-order valence-corrected chi connectivity index (χ4v) is 2.30. The average molecular weight is 275 g/mol. The monoisotopic (exact) mass is 275 g/mol. The molecule has 0 aromatic carbocycles. The fraction of sp³-hybridized carbons (Fsp3) is 0.500. The fourth-order valence-electron chi connectivity index (χ4n) is 0.867. The number of nitrogens with two attached hydrogens (primary N) is 1. The molecule has 9 heteroatoms. The van der Waals surface area contributed by atoms with Gasteiger partial charge in [-0.25, -0.2) is 4.79 Å². The van der Waals surface area contributed by atoms with Gasteiger partial charge in [-0.2, -0.15) is 0 Å². The number of anilines is 1. The molecular formula is C8H13N5O2S2. The molecule has 7 nitrogen and oxygen atoms in total. The largest absolute Gasteiger partial charge is 0.374 e. The highest BCUT2D eigenvalue weighted by atomic mass is 32.2. The van der Waals surface area contributed by atoms with Crippen LogP contribution < -0.4 is 16.4 Å². The third kappa shape index (κ3) is 5.50. The highest BCUT2D eigenvalue weighted by Crippen LogP contribution is 2.22. The van der Waals surface area contributed by atoms with E-state index in [9.17, 15) is 9.59 Å². The molecule has 0 spiro atoms. The maximum Gasteiger partial charge on any atom is 0.321 e. The second kappa shape index (κ2) is 6.40. The van der Waals surface area contributed by atoms with Crippen molar-refractivity contribution in [3.63, 3.8) is 0 Å². The lowest BCUT2D eigenvalue weighted by molar-refractivity contribution is -0.117. The predicted octanol–water partition coefficient (Wildman–Crippen LogP) is 0.447. The Kier molecular flexibility index (Phi) is 5.16. The summed E-state index contributed by atoms with van der Waals surface area (Å²) >= 11 is 2.38. The van der Waals surface area contributed by atoms with Gasteiger partial charge >= 0.3 is 6.03 Å². The Labute approximate surface area is 107 Å². The summed E-state index contributed by atoms with van der Waals surface area (Å²) in [4.78, 5) is 22.5. The number of nitrogen functional groups attached to an aromatic ring is 1. The summed E-state index contributed by atoms with van der Waals surface area (Å²) in [5.41, 5.74) is 5.39. The van der Waals surface area contributed by atoms with E-state index in [4.69, 9.17) is 5.73 Å². The molecule has 0 aliphatic carbocycles. The Morgan fingerprint density at radius 1 is 1.47 bits per heavy atom. The summed E-state index contributed by atoms with van der Waals surface area (Å²) in [6.45, 7) is 3.62. The zero-order chi connectivity index (χ0) is 12.8. The standard InChI is InChI=1S/C8H13N5O2S2/c1-4(2)10-7(15)11-5(14)3-16-8-13-12-6(9)17-8/h4H,3H2,1-2H3,(H2,9,12)(H2,10,11,14,15). The molecule has 0 atom stereocenters. The molecule has 17 heavy (non-hydrogen) atoms. The van der Waals surface area contributed by atoms with Crippen molar-refractivity contribution in [2.75, 3.05) is 11.5 Å². The Hall–Kier alpha value is -1.35. The maximum atomic E-state index is 11.3. The van der Waals surface area contributed by atoms with E-state index < -0.39 is 6.03 Å². The Bertz CT molecular complexity index is 406. The van der Waals surface area contributed by atoms with Crippen LogP contribution in [0.15, 0.2) is 4.34 Å². The van der Waals surface area contributed by atoms with Crippen molar-refractivity contribution >= 4 is 40.2 Å². The summed E-state index contributed by atoms with van der Waals surface area (Å²) < 4.78 is 0.599. The number of hydrogen-bond donors (Lipinski definition) is 3. The van der Waals surface area contributed by atoms with E-state index in [-0.39, 0.29) is 17.7 Å². The van der Waals surface area contributed by atoms with E-state index >= 15 is 0 Å². The van der Waals surface area contributed by atoms with Gasteiger partial charge in [0.1, 0.15) is 0 Å². The first-order chi connectivity index (χ1) is 7.97. The van der Waals surface area contributed by atoms with Gasteiger partial charge < -0.3 is 11.1 Å². The molecule has 0 aliphatic rings. The lowest BCUT2D eigenvalue weighted by atomic mass is 10.4. The molecule has 4 N–H and O–H groups in total. The molecule has 1 aromatic rings. The first-order valence-electron chi connectivity index (χ1n) is 4.79. The van der Waals surface area contributed by atoms with Crippen LogP contribution in [0.3, 0.4) is 0 Å². The lowest BCUT2D eigenvalue weighted by Crippen LogP contribution is -2.43. The molecule has 3 amide bonds. The van der Waals surface area contributed by atoms with Gasteiger partial charge in [0.2, 0.25) is 11.0 Å². The van der Waals surface area contributed by atoms with Crippen molar-refractivity contribution in [3.05, 3.63) is 0 Å². The zero-order valence-corrected chi connectivity index (χ0v) is 11.0. The van der Waals surface area contributed by atoms with E-state index in [1.54, 1.807) is 0 Å². The van der Waals surface area contributed by atoms with Crippen molar-refractivity contribution in [3.8, 4) is 0 Å². The summed E-state index contributed by atoms with van der Waals surface area (Å²) in [5.74, 6) is -0.290. The minimum atomic E-state index is -0.498. The number of nitrogens with zero attached hydrogens (tertiary/aromatic N) is 2. The number of carbonyl (C=O) groups is 2. The van der Waals surface area contributed by atoms with Gasteiger partial charge in [-0.3, -0.25) is 10.1 Å². The van der Waals surface area contributed by atoms with Crippen LogP contribution in [0, 0.1) is 0 Å². The van der Waals surface area contributed by atoms with Crippen LogP contribution in [-0.4, -0.2) is 33.9 Å². The van der Waals surface area contributed by atoms with Crippen LogP contribution in [-0.2, 0) is 4.79 Å². The highest BCUT2D eigenvalue weighted by molar-refractivity contribution is 8.01. The van der Waals surface area contributed by atoms with Crippen molar-refractivity contribution in [1.29, 1.82) is 0 Å². The minimum absolute atomic E-state index is 0.0154. The number of imide groups is 1.